The Morgan fingerprint density at radius 3 is 2.61 bits per heavy atom. The summed E-state index contributed by atoms with van der Waals surface area (Å²) in [5.74, 6) is 7.75. The van der Waals surface area contributed by atoms with E-state index in [1.54, 1.807) is 7.11 Å². The first-order valence-corrected chi connectivity index (χ1v) is 9.54. The van der Waals surface area contributed by atoms with E-state index in [4.69, 9.17) is 9.16 Å². The molecule has 0 saturated heterocycles. The van der Waals surface area contributed by atoms with E-state index in [0.717, 1.165) is 18.6 Å². The summed E-state index contributed by atoms with van der Waals surface area (Å²) < 4.78 is 11.2. The zero-order valence-electron chi connectivity index (χ0n) is 12.6. The highest BCUT2D eigenvalue weighted by Crippen LogP contribution is 2.39. The Balaban J connectivity index is 2.61. The van der Waals surface area contributed by atoms with Crippen molar-refractivity contribution in [2.45, 2.75) is 51.7 Å². The number of hydrogen-bond donors (Lipinski definition) is 0. The van der Waals surface area contributed by atoms with Gasteiger partial charge in [0.1, 0.15) is 6.61 Å². The molecule has 1 unspecified atom stereocenters. The lowest BCUT2D eigenvalue weighted by Crippen LogP contribution is -2.40. The molecule has 0 saturated carbocycles. The van der Waals surface area contributed by atoms with Crippen LogP contribution in [0.1, 0.15) is 33.6 Å². The monoisotopic (exact) mass is 266 g/mol. The van der Waals surface area contributed by atoms with Gasteiger partial charge in [-0.2, -0.15) is 0 Å². The highest BCUT2D eigenvalue weighted by atomic mass is 28.4. The van der Waals surface area contributed by atoms with E-state index >= 15 is 0 Å². The fraction of sp³-hybridized carbons (Fsp3) is 0.733. The molecule has 0 aliphatic heterocycles. The van der Waals surface area contributed by atoms with Crippen LogP contribution in [0.4, 0.5) is 0 Å². The summed E-state index contributed by atoms with van der Waals surface area (Å²) in [7, 11) is -0.00704. The van der Waals surface area contributed by atoms with Crippen LogP contribution in [0, 0.1) is 17.8 Å². The van der Waals surface area contributed by atoms with Crippen LogP contribution in [-0.4, -0.2) is 22.0 Å². The summed E-state index contributed by atoms with van der Waals surface area (Å²) >= 11 is 0. The molecule has 0 aromatic heterocycles. The minimum atomic E-state index is -1.68. The van der Waals surface area contributed by atoms with Crippen molar-refractivity contribution in [2.24, 2.45) is 5.92 Å². The number of hydrogen-bond acceptors (Lipinski definition) is 2. The molecule has 1 rings (SSSR count). The highest BCUT2D eigenvalue weighted by Gasteiger charge is 2.39. The molecule has 18 heavy (non-hydrogen) atoms. The Morgan fingerprint density at radius 1 is 1.39 bits per heavy atom. The SMILES string of the molecule is COCC#CC1C=C(O[Si](C)(C)C(C)(C)C)CC1. The molecule has 0 aromatic carbocycles. The molecule has 0 aromatic rings. The number of allylic oxidation sites excluding steroid dienone is 2. The van der Waals surface area contributed by atoms with E-state index < -0.39 is 8.32 Å². The second-order valence-corrected chi connectivity index (χ2v) is 11.1. The maximum absolute atomic E-state index is 6.30. The fourth-order valence-electron chi connectivity index (χ4n) is 1.61. The maximum Gasteiger partial charge on any atom is 0.250 e. The van der Waals surface area contributed by atoms with Gasteiger partial charge in [-0.25, -0.2) is 0 Å². The van der Waals surface area contributed by atoms with Crippen LogP contribution in [0.15, 0.2) is 11.8 Å². The van der Waals surface area contributed by atoms with Crippen molar-refractivity contribution in [3.8, 4) is 11.8 Å². The second-order valence-electron chi connectivity index (χ2n) is 6.39. The van der Waals surface area contributed by atoms with Crippen LogP contribution in [0.25, 0.3) is 0 Å². The first-order valence-electron chi connectivity index (χ1n) is 6.63. The highest BCUT2D eigenvalue weighted by molar-refractivity contribution is 6.74. The van der Waals surface area contributed by atoms with E-state index in [9.17, 15) is 0 Å². The molecule has 0 bridgehead atoms. The molecule has 0 fully saturated rings. The lowest BCUT2D eigenvalue weighted by Gasteiger charge is -2.36. The summed E-state index contributed by atoms with van der Waals surface area (Å²) in [5, 5.41) is 0.258. The molecular weight excluding hydrogens is 240 g/mol. The van der Waals surface area contributed by atoms with Crippen molar-refractivity contribution < 1.29 is 9.16 Å². The van der Waals surface area contributed by atoms with Crippen molar-refractivity contribution in [3.05, 3.63) is 11.8 Å². The van der Waals surface area contributed by atoms with Gasteiger partial charge in [0.15, 0.2) is 0 Å². The first-order chi connectivity index (χ1) is 8.26. The van der Waals surface area contributed by atoms with Gasteiger partial charge in [0.25, 0.3) is 0 Å². The van der Waals surface area contributed by atoms with Crippen molar-refractivity contribution in [1.29, 1.82) is 0 Å². The fourth-order valence-corrected chi connectivity index (χ4v) is 2.75. The predicted octanol–water partition coefficient (Wildman–Crippen LogP) is 3.95. The zero-order valence-corrected chi connectivity index (χ0v) is 13.6. The van der Waals surface area contributed by atoms with Crippen LogP contribution in [-0.2, 0) is 9.16 Å². The minimum absolute atomic E-state index is 0.258. The smallest absolute Gasteiger partial charge is 0.250 e. The Kier molecular flexibility index (Phi) is 5.07. The molecule has 0 radical (unpaired) electrons. The normalized spacial score (nSPS) is 20.1. The molecule has 1 atom stereocenters. The molecule has 0 heterocycles. The Bertz CT molecular complexity index is 366. The topological polar surface area (TPSA) is 18.5 Å². The molecular formula is C15H26O2Si. The lowest BCUT2D eigenvalue weighted by molar-refractivity contribution is 0.239. The molecule has 2 nitrogen and oxygen atoms in total. The molecule has 0 amide bonds. The summed E-state index contributed by atoms with van der Waals surface area (Å²) in [5.41, 5.74) is 0. The summed E-state index contributed by atoms with van der Waals surface area (Å²) in [6.45, 7) is 11.9. The second kappa shape index (κ2) is 5.95. The van der Waals surface area contributed by atoms with E-state index in [1.165, 1.54) is 0 Å². The molecule has 0 spiro atoms. The Labute approximate surface area is 113 Å². The zero-order chi connectivity index (χ0) is 13.8. The van der Waals surface area contributed by atoms with Gasteiger partial charge in [-0.15, -0.1) is 0 Å². The largest absolute Gasteiger partial charge is 0.547 e. The lowest BCUT2D eigenvalue weighted by atomic mass is 10.1. The van der Waals surface area contributed by atoms with Gasteiger partial charge in [0, 0.05) is 19.4 Å². The number of methoxy groups -OCH3 is 1. The Hall–Kier alpha value is -0.723. The van der Waals surface area contributed by atoms with E-state index in [-0.39, 0.29) is 5.04 Å². The number of rotatable bonds is 3. The summed E-state index contributed by atoms with van der Waals surface area (Å²) in [4.78, 5) is 0. The number of ether oxygens (including phenoxy) is 1. The van der Waals surface area contributed by atoms with Crippen LogP contribution in [0.2, 0.25) is 18.1 Å². The van der Waals surface area contributed by atoms with Gasteiger partial charge in [0.05, 0.1) is 5.76 Å². The summed E-state index contributed by atoms with van der Waals surface area (Å²) in [6.07, 6.45) is 4.31. The van der Waals surface area contributed by atoms with Crippen LogP contribution >= 0.6 is 0 Å². The average molecular weight is 266 g/mol. The van der Waals surface area contributed by atoms with Crippen LogP contribution in [0.5, 0.6) is 0 Å². The molecule has 3 heteroatoms. The third-order valence-electron chi connectivity index (χ3n) is 3.79. The van der Waals surface area contributed by atoms with Gasteiger partial charge >= 0.3 is 0 Å². The van der Waals surface area contributed by atoms with Crippen molar-refractivity contribution >= 4 is 8.32 Å². The van der Waals surface area contributed by atoms with E-state index in [0.29, 0.717) is 12.5 Å². The third-order valence-corrected chi connectivity index (χ3v) is 8.17. The van der Waals surface area contributed by atoms with E-state index in [2.05, 4.69) is 51.8 Å². The van der Waals surface area contributed by atoms with Crippen molar-refractivity contribution in [3.63, 3.8) is 0 Å². The van der Waals surface area contributed by atoms with Gasteiger partial charge in [0.2, 0.25) is 8.32 Å². The molecule has 1 aliphatic rings. The molecule has 0 N–H and O–H groups in total. The average Bonchev–Trinajstić information content (AvgIpc) is 2.63. The van der Waals surface area contributed by atoms with Gasteiger partial charge < -0.3 is 9.16 Å². The minimum Gasteiger partial charge on any atom is -0.547 e. The van der Waals surface area contributed by atoms with Gasteiger partial charge in [-0.3, -0.25) is 0 Å². The third kappa shape index (κ3) is 4.19. The maximum atomic E-state index is 6.30. The van der Waals surface area contributed by atoms with Crippen molar-refractivity contribution in [1.82, 2.24) is 0 Å². The van der Waals surface area contributed by atoms with Gasteiger partial charge in [-0.05, 0) is 30.6 Å². The Morgan fingerprint density at radius 2 is 2.06 bits per heavy atom. The van der Waals surface area contributed by atoms with Crippen LogP contribution in [0.3, 0.4) is 0 Å². The summed E-state index contributed by atoms with van der Waals surface area (Å²) in [6, 6.07) is 0. The first kappa shape index (κ1) is 15.3. The van der Waals surface area contributed by atoms with E-state index in [1.807, 2.05) is 0 Å². The molecule has 1 aliphatic carbocycles. The predicted molar refractivity (Wildman–Crippen MR) is 78.7 cm³/mol. The quantitative estimate of drug-likeness (QED) is 0.569. The molecule has 102 valence electrons. The van der Waals surface area contributed by atoms with Crippen LogP contribution < -0.4 is 0 Å². The van der Waals surface area contributed by atoms with Crippen molar-refractivity contribution in [2.75, 3.05) is 13.7 Å². The standard InChI is InChI=1S/C15H26O2Si/c1-15(2,3)18(5,6)17-14-10-9-13(12-14)8-7-11-16-4/h12-13H,9-11H2,1-6H3. The van der Waals surface area contributed by atoms with Gasteiger partial charge in [-0.1, -0.05) is 32.6 Å².